The van der Waals surface area contributed by atoms with Crippen LogP contribution >= 0.6 is 0 Å². The van der Waals surface area contributed by atoms with Gasteiger partial charge in [0.1, 0.15) is 0 Å². The summed E-state index contributed by atoms with van der Waals surface area (Å²) in [4.78, 5) is 10.6. The van der Waals surface area contributed by atoms with Gasteiger partial charge in [-0.15, -0.1) is 0 Å². The smallest absolute Gasteiger partial charge is 0.248 e. The number of amides is 1. The molecule has 3 N–H and O–H groups in total. The van der Waals surface area contributed by atoms with E-state index in [2.05, 4.69) is 0 Å². The zero-order valence-electron chi connectivity index (χ0n) is 5.87. The molecule has 0 atom stereocenters. The molecule has 0 radical (unpaired) electrons. The van der Waals surface area contributed by atoms with Crippen LogP contribution in [0.2, 0.25) is 0 Å². The minimum absolute atomic E-state index is 0.436. The lowest BCUT2D eigenvalue weighted by atomic mass is 10.1. The summed E-state index contributed by atoms with van der Waals surface area (Å²) in [7, 11) is 0. The van der Waals surface area contributed by atoms with Gasteiger partial charge in [-0.05, 0) is 17.7 Å². The lowest BCUT2D eigenvalue weighted by molar-refractivity contribution is 0.100. The summed E-state index contributed by atoms with van der Waals surface area (Å²) in [5, 5.41) is 6.90. The van der Waals surface area contributed by atoms with Gasteiger partial charge in [-0.25, -0.2) is 0 Å². The monoisotopic (exact) mass is 148 g/mol. The molecule has 0 heterocycles. The second kappa shape index (κ2) is 2.96. The molecule has 1 aromatic carbocycles. The third-order valence-corrected chi connectivity index (χ3v) is 1.34. The second-order valence-corrected chi connectivity index (χ2v) is 2.13. The maximum absolute atomic E-state index is 10.6. The highest BCUT2D eigenvalue weighted by Crippen LogP contribution is 2.01. The average molecular weight is 148 g/mol. The van der Waals surface area contributed by atoms with Crippen LogP contribution in [0, 0.1) is 5.41 Å². The van der Waals surface area contributed by atoms with Crippen molar-refractivity contribution in [1.29, 1.82) is 5.41 Å². The SMILES string of the molecule is N=Cc1cccc(C(N)=O)c1. The molecule has 0 aromatic heterocycles. The number of carbonyl (C=O) groups excluding carboxylic acids is 1. The van der Waals surface area contributed by atoms with Crippen LogP contribution in [0.15, 0.2) is 24.3 Å². The summed E-state index contributed by atoms with van der Waals surface area (Å²) in [5.41, 5.74) is 6.14. The van der Waals surface area contributed by atoms with Crippen LogP contribution in [0.25, 0.3) is 0 Å². The Bertz CT molecular complexity index is 294. The quantitative estimate of drug-likeness (QED) is 0.598. The molecule has 0 fully saturated rings. The number of hydrogen-bond donors (Lipinski definition) is 2. The molecule has 3 heteroatoms. The van der Waals surface area contributed by atoms with E-state index in [9.17, 15) is 4.79 Å². The maximum atomic E-state index is 10.6. The van der Waals surface area contributed by atoms with Crippen molar-refractivity contribution >= 4 is 12.1 Å². The number of nitrogens with two attached hydrogens (primary N) is 1. The van der Waals surface area contributed by atoms with Gasteiger partial charge in [0.2, 0.25) is 5.91 Å². The highest BCUT2D eigenvalue weighted by atomic mass is 16.1. The van der Waals surface area contributed by atoms with Crippen molar-refractivity contribution in [3.8, 4) is 0 Å². The van der Waals surface area contributed by atoms with Crippen LogP contribution in [0.1, 0.15) is 15.9 Å². The van der Waals surface area contributed by atoms with E-state index in [0.29, 0.717) is 11.1 Å². The van der Waals surface area contributed by atoms with Gasteiger partial charge in [-0.2, -0.15) is 0 Å². The molecule has 11 heavy (non-hydrogen) atoms. The number of rotatable bonds is 2. The van der Waals surface area contributed by atoms with Gasteiger partial charge in [-0.3, -0.25) is 4.79 Å². The van der Waals surface area contributed by atoms with Gasteiger partial charge in [0.15, 0.2) is 0 Å². The first kappa shape index (κ1) is 7.47. The van der Waals surface area contributed by atoms with E-state index in [1.165, 1.54) is 6.21 Å². The Balaban J connectivity index is 3.10. The summed E-state index contributed by atoms with van der Waals surface area (Å²) < 4.78 is 0. The first-order valence-electron chi connectivity index (χ1n) is 3.14. The standard InChI is InChI=1S/C8H8N2O/c9-5-6-2-1-3-7(4-6)8(10)11/h1-5,9H,(H2,10,11). The van der Waals surface area contributed by atoms with Crippen molar-refractivity contribution in [3.05, 3.63) is 35.4 Å². The molecule has 0 aliphatic carbocycles. The Kier molecular flexibility index (Phi) is 2.01. The van der Waals surface area contributed by atoms with E-state index in [4.69, 9.17) is 11.1 Å². The van der Waals surface area contributed by atoms with Crippen LogP contribution in [-0.2, 0) is 0 Å². The van der Waals surface area contributed by atoms with Crippen molar-refractivity contribution in [3.63, 3.8) is 0 Å². The normalized spacial score (nSPS) is 9.09. The van der Waals surface area contributed by atoms with E-state index >= 15 is 0 Å². The first-order valence-corrected chi connectivity index (χ1v) is 3.14. The van der Waals surface area contributed by atoms with Crippen molar-refractivity contribution in [2.45, 2.75) is 0 Å². The van der Waals surface area contributed by atoms with Gasteiger partial charge in [0.05, 0.1) is 0 Å². The molecule has 0 saturated carbocycles. The third-order valence-electron chi connectivity index (χ3n) is 1.34. The molecule has 1 amide bonds. The van der Waals surface area contributed by atoms with Crippen molar-refractivity contribution < 1.29 is 4.79 Å². The molecule has 0 saturated heterocycles. The largest absolute Gasteiger partial charge is 0.366 e. The minimum Gasteiger partial charge on any atom is -0.366 e. The predicted molar refractivity (Wildman–Crippen MR) is 42.8 cm³/mol. The molecular weight excluding hydrogens is 140 g/mol. The van der Waals surface area contributed by atoms with Crippen LogP contribution in [0.4, 0.5) is 0 Å². The Morgan fingerprint density at radius 2 is 2.27 bits per heavy atom. The van der Waals surface area contributed by atoms with Crippen LogP contribution < -0.4 is 5.73 Å². The Hall–Kier alpha value is -1.64. The third kappa shape index (κ3) is 1.64. The molecule has 0 aliphatic rings. The van der Waals surface area contributed by atoms with Gasteiger partial charge in [-0.1, -0.05) is 12.1 Å². The second-order valence-electron chi connectivity index (χ2n) is 2.13. The number of benzene rings is 1. The molecule has 0 aliphatic heterocycles. The van der Waals surface area contributed by atoms with Crippen LogP contribution in [0.5, 0.6) is 0 Å². The fourth-order valence-corrected chi connectivity index (χ4v) is 0.782. The fraction of sp³-hybridized carbons (Fsp3) is 0. The molecule has 0 spiro atoms. The zero-order chi connectivity index (χ0) is 8.27. The highest BCUT2D eigenvalue weighted by Gasteiger charge is 1.98. The van der Waals surface area contributed by atoms with E-state index in [-0.39, 0.29) is 0 Å². The van der Waals surface area contributed by atoms with Crippen molar-refractivity contribution in [1.82, 2.24) is 0 Å². The summed E-state index contributed by atoms with van der Waals surface area (Å²) in [6.07, 6.45) is 1.17. The average Bonchev–Trinajstić information content (AvgIpc) is 2.05. The van der Waals surface area contributed by atoms with E-state index in [0.717, 1.165) is 0 Å². The Morgan fingerprint density at radius 1 is 1.55 bits per heavy atom. The zero-order valence-corrected chi connectivity index (χ0v) is 5.87. The Labute approximate surface area is 64.3 Å². The summed E-state index contributed by atoms with van der Waals surface area (Å²) in [5.74, 6) is -0.464. The minimum atomic E-state index is -0.464. The molecule has 0 bridgehead atoms. The maximum Gasteiger partial charge on any atom is 0.248 e. The summed E-state index contributed by atoms with van der Waals surface area (Å²) >= 11 is 0. The topological polar surface area (TPSA) is 66.9 Å². The summed E-state index contributed by atoms with van der Waals surface area (Å²) in [6.45, 7) is 0. The first-order chi connectivity index (χ1) is 5.24. The van der Waals surface area contributed by atoms with Crippen LogP contribution in [-0.4, -0.2) is 12.1 Å². The van der Waals surface area contributed by atoms with Crippen LogP contribution in [0.3, 0.4) is 0 Å². The van der Waals surface area contributed by atoms with Gasteiger partial charge in [0, 0.05) is 11.8 Å². The lowest BCUT2D eigenvalue weighted by Crippen LogP contribution is -2.10. The number of primary amides is 1. The molecule has 1 rings (SSSR count). The van der Waals surface area contributed by atoms with Gasteiger partial charge >= 0.3 is 0 Å². The number of carbonyl (C=O) groups is 1. The molecule has 1 aromatic rings. The molecular formula is C8H8N2O. The van der Waals surface area contributed by atoms with Gasteiger partial charge < -0.3 is 11.1 Å². The lowest BCUT2D eigenvalue weighted by Gasteiger charge is -1.94. The summed E-state index contributed by atoms with van der Waals surface area (Å²) in [6, 6.07) is 6.63. The van der Waals surface area contributed by atoms with E-state index < -0.39 is 5.91 Å². The van der Waals surface area contributed by atoms with Gasteiger partial charge in [0.25, 0.3) is 0 Å². The van der Waals surface area contributed by atoms with Crippen molar-refractivity contribution in [2.75, 3.05) is 0 Å². The number of hydrogen-bond acceptors (Lipinski definition) is 2. The predicted octanol–water partition coefficient (Wildman–Crippen LogP) is 0.783. The molecule has 56 valence electrons. The molecule has 0 unspecified atom stereocenters. The van der Waals surface area contributed by atoms with E-state index in [1.54, 1.807) is 24.3 Å². The van der Waals surface area contributed by atoms with Crippen molar-refractivity contribution in [2.24, 2.45) is 5.73 Å². The van der Waals surface area contributed by atoms with E-state index in [1.807, 2.05) is 0 Å². The Morgan fingerprint density at radius 3 is 2.82 bits per heavy atom. The highest BCUT2D eigenvalue weighted by molar-refractivity contribution is 5.94. The fourth-order valence-electron chi connectivity index (χ4n) is 0.782. The molecule has 3 nitrogen and oxygen atoms in total. The number of nitrogens with one attached hydrogen (secondary N) is 1.